The Kier molecular flexibility index (Phi) is 6.92. The molecule has 0 N–H and O–H groups in total. The van der Waals surface area contributed by atoms with E-state index in [1.54, 1.807) is 0 Å². The van der Waals surface area contributed by atoms with E-state index in [2.05, 4.69) is 35.3 Å². The van der Waals surface area contributed by atoms with Crippen molar-refractivity contribution in [3.63, 3.8) is 0 Å². The molecule has 0 amide bonds. The van der Waals surface area contributed by atoms with E-state index >= 15 is 0 Å². The van der Waals surface area contributed by atoms with Gasteiger partial charge in [0.2, 0.25) is 0 Å². The summed E-state index contributed by atoms with van der Waals surface area (Å²) in [5.74, 6) is 1.32. The molecule has 4 nitrogen and oxygen atoms in total. The first-order valence-electron chi connectivity index (χ1n) is 12.4. The van der Waals surface area contributed by atoms with Crippen molar-refractivity contribution in [2.24, 2.45) is 0 Å². The van der Waals surface area contributed by atoms with Gasteiger partial charge >= 0.3 is 5.97 Å². The van der Waals surface area contributed by atoms with E-state index in [0.29, 0.717) is 25.6 Å². The van der Waals surface area contributed by atoms with Crippen LogP contribution in [0.5, 0.6) is 5.75 Å². The topological polar surface area (TPSA) is 38.8 Å². The number of aryl methyl sites for hydroxylation is 1. The maximum Gasteiger partial charge on any atom is 0.334 e. The molecule has 0 radical (unpaired) electrons. The van der Waals surface area contributed by atoms with Gasteiger partial charge in [0, 0.05) is 24.1 Å². The Morgan fingerprint density at radius 3 is 2.82 bits per heavy atom. The first kappa shape index (κ1) is 22.0. The van der Waals surface area contributed by atoms with Gasteiger partial charge in [0.25, 0.3) is 0 Å². The predicted octanol–water partition coefficient (Wildman–Crippen LogP) is 5.62. The maximum absolute atomic E-state index is 11.8. The van der Waals surface area contributed by atoms with Crippen LogP contribution in [0.15, 0.2) is 54.1 Å². The largest absolute Gasteiger partial charge is 0.493 e. The number of likely N-dealkylation sites (tertiary alicyclic amines) is 1. The molecule has 2 saturated heterocycles. The third-order valence-corrected chi connectivity index (χ3v) is 7.10. The molecule has 3 aliphatic rings. The number of benzene rings is 2. The molecule has 4 heteroatoms. The Morgan fingerprint density at radius 2 is 1.97 bits per heavy atom. The first-order valence-corrected chi connectivity index (χ1v) is 12.4. The summed E-state index contributed by atoms with van der Waals surface area (Å²) in [4.78, 5) is 14.3. The van der Waals surface area contributed by atoms with E-state index in [4.69, 9.17) is 9.47 Å². The fourth-order valence-electron chi connectivity index (χ4n) is 5.17. The van der Waals surface area contributed by atoms with Gasteiger partial charge in [0.05, 0.1) is 13.2 Å². The SMILES string of the molecule is O=C1OCC/C1=C\c1ccccc1OCCCN1CCC(c2ccc3c(c2)CCC=C3)CC1. The molecular weight excluding hydrogens is 410 g/mol. The van der Waals surface area contributed by atoms with E-state index in [-0.39, 0.29) is 5.97 Å². The van der Waals surface area contributed by atoms with Crippen molar-refractivity contribution in [2.45, 2.75) is 44.4 Å². The molecule has 0 spiro atoms. The summed E-state index contributed by atoms with van der Waals surface area (Å²) < 4.78 is 11.1. The molecule has 2 aromatic rings. The minimum absolute atomic E-state index is 0.208. The number of para-hydroxylation sites is 1. The van der Waals surface area contributed by atoms with Crippen LogP contribution >= 0.6 is 0 Å². The van der Waals surface area contributed by atoms with E-state index in [0.717, 1.165) is 42.9 Å². The van der Waals surface area contributed by atoms with Crippen LogP contribution in [0.3, 0.4) is 0 Å². The number of allylic oxidation sites excluding steroid dienone is 1. The lowest BCUT2D eigenvalue weighted by molar-refractivity contribution is -0.134. The maximum atomic E-state index is 11.8. The van der Waals surface area contributed by atoms with Crippen LogP contribution in [0.4, 0.5) is 0 Å². The van der Waals surface area contributed by atoms with Gasteiger partial charge in [-0.15, -0.1) is 0 Å². The average molecular weight is 444 g/mol. The smallest absolute Gasteiger partial charge is 0.334 e. The van der Waals surface area contributed by atoms with Crippen molar-refractivity contribution >= 4 is 18.1 Å². The van der Waals surface area contributed by atoms with Crippen LogP contribution in [0.1, 0.15) is 60.3 Å². The van der Waals surface area contributed by atoms with Gasteiger partial charge in [-0.1, -0.05) is 48.6 Å². The highest BCUT2D eigenvalue weighted by Gasteiger charge is 2.22. The normalized spacial score (nSPS) is 20.1. The van der Waals surface area contributed by atoms with Gasteiger partial charge < -0.3 is 14.4 Å². The van der Waals surface area contributed by atoms with Crippen LogP contribution in [0, 0.1) is 0 Å². The minimum atomic E-state index is -0.208. The number of carbonyl (C=O) groups excluding carboxylic acids is 1. The molecule has 2 aliphatic heterocycles. The summed E-state index contributed by atoms with van der Waals surface area (Å²) >= 11 is 0. The molecule has 0 bridgehead atoms. The molecule has 0 aromatic heterocycles. The summed E-state index contributed by atoms with van der Waals surface area (Å²) in [5.41, 5.74) is 6.14. The van der Waals surface area contributed by atoms with E-state index in [9.17, 15) is 4.79 Å². The number of ether oxygens (including phenoxy) is 2. The number of rotatable bonds is 7. The third kappa shape index (κ3) is 5.39. The molecule has 5 rings (SSSR count). The average Bonchev–Trinajstić information content (AvgIpc) is 3.27. The quantitative estimate of drug-likeness (QED) is 0.316. The summed E-state index contributed by atoms with van der Waals surface area (Å²) in [6, 6.07) is 15.1. The Balaban J connectivity index is 1.08. The zero-order valence-corrected chi connectivity index (χ0v) is 19.3. The van der Waals surface area contributed by atoms with Gasteiger partial charge in [-0.25, -0.2) is 4.79 Å². The van der Waals surface area contributed by atoms with E-state index < -0.39 is 0 Å². The molecule has 172 valence electrons. The van der Waals surface area contributed by atoms with Crippen molar-refractivity contribution in [1.29, 1.82) is 0 Å². The second kappa shape index (κ2) is 10.4. The third-order valence-electron chi connectivity index (χ3n) is 7.10. The zero-order chi connectivity index (χ0) is 22.5. The lowest BCUT2D eigenvalue weighted by Gasteiger charge is -2.32. The standard InChI is InChI=1S/C29H33NO3/c31-29-27(14-19-33-29)21-26-8-3-4-9-28(26)32-18-5-15-30-16-12-23(13-17-30)25-11-10-22-6-1-2-7-24(22)20-25/h1,3-4,6,8-11,20-21,23H,2,5,7,12-19H2/b27-21+. The summed E-state index contributed by atoms with van der Waals surface area (Å²) in [6.07, 6.45) is 13.0. The molecule has 2 heterocycles. The van der Waals surface area contributed by atoms with Crippen molar-refractivity contribution in [2.75, 3.05) is 32.8 Å². The number of esters is 1. The summed E-state index contributed by atoms with van der Waals surface area (Å²) in [5, 5.41) is 0. The fraction of sp³-hybridized carbons (Fsp3) is 0.414. The summed E-state index contributed by atoms with van der Waals surface area (Å²) in [6.45, 7) is 4.55. The van der Waals surface area contributed by atoms with Gasteiger partial charge in [-0.3, -0.25) is 0 Å². The lowest BCUT2D eigenvalue weighted by Crippen LogP contribution is -2.34. The number of nitrogens with zero attached hydrogens (tertiary/aromatic N) is 1. The number of carbonyl (C=O) groups is 1. The number of cyclic esters (lactones) is 1. The van der Waals surface area contributed by atoms with Gasteiger partial charge in [-0.05, 0) is 79.9 Å². The fourth-order valence-corrected chi connectivity index (χ4v) is 5.17. The second-order valence-electron chi connectivity index (χ2n) is 9.31. The molecule has 2 aromatic carbocycles. The first-order chi connectivity index (χ1) is 16.3. The molecule has 1 aliphatic carbocycles. The van der Waals surface area contributed by atoms with Crippen molar-refractivity contribution in [1.82, 2.24) is 4.90 Å². The Bertz CT molecular complexity index is 1050. The van der Waals surface area contributed by atoms with E-state index in [1.165, 1.54) is 42.4 Å². The Labute approximate surface area is 196 Å². The van der Waals surface area contributed by atoms with Gasteiger partial charge in [0.1, 0.15) is 5.75 Å². The molecule has 0 saturated carbocycles. The number of hydrogen-bond acceptors (Lipinski definition) is 4. The predicted molar refractivity (Wildman–Crippen MR) is 132 cm³/mol. The molecule has 0 unspecified atom stereocenters. The number of fused-ring (bicyclic) bond motifs is 1. The van der Waals surface area contributed by atoms with Crippen molar-refractivity contribution in [3.05, 3.63) is 76.4 Å². The van der Waals surface area contributed by atoms with Crippen molar-refractivity contribution < 1.29 is 14.3 Å². The summed E-state index contributed by atoms with van der Waals surface area (Å²) in [7, 11) is 0. The second-order valence-corrected chi connectivity index (χ2v) is 9.31. The molecule has 33 heavy (non-hydrogen) atoms. The highest BCUT2D eigenvalue weighted by atomic mass is 16.5. The Morgan fingerprint density at radius 1 is 1.09 bits per heavy atom. The van der Waals surface area contributed by atoms with Crippen LogP contribution in [0.2, 0.25) is 0 Å². The Hall–Kier alpha value is -2.85. The van der Waals surface area contributed by atoms with Crippen molar-refractivity contribution in [3.8, 4) is 5.75 Å². The monoisotopic (exact) mass is 443 g/mol. The number of hydrogen-bond donors (Lipinski definition) is 0. The van der Waals surface area contributed by atoms with Crippen LogP contribution in [-0.4, -0.2) is 43.7 Å². The van der Waals surface area contributed by atoms with Gasteiger partial charge in [0.15, 0.2) is 0 Å². The van der Waals surface area contributed by atoms with Crippen LogP contribution in [0.25, 0.3) is 12.2 Å². The number of piperidine rings is 1. The van der Waals surface area contributed by atoms with Crippen LogP contribution < -0.4 is 4.74 Å². The van der Waals surface area contributed by atoms with E-state index in [1.807, 2.05) is 30.3 Å². The molecular formula is C29H33NO3. The highest BCUT2D eigenvalue weighted by molar-refractivity contribution is 5.95. The molecule has 2 fully saturated rings. The highest BCUT2D eigenvalue weighted by Crippen LogP contribution is 2.31. The van der Waals surface area contributed by atoms with Gasteiger partial charge in [-0.2, -0.15) is 0 Å². The zero-order valence-electron chi connectivity index (χ0n) is 19.3. The van der Waals surface area contributed by atoms with Crippen LogP contribution in [-0.2, 0) is 16.0 Å². The minimum Gasteiger partial charge on any atom is -0.493 e. The molecule has 0 atom stereocenters. The lowest BCUT2D eigenvalue weighted by atomic mass is 9.86.